The van der Waals surface area contributed by atoms with Crippen LogP contribution in [0.25, 0.3) is 10.2 Å². The molecule has 120 valence electrons. The minimum Gasteiger partial charge on any atom is -0.378 e. The Bertz CT molecular complexity index is 909. The summed E-state index contributed by atoms with van der Waals surface area (Å²) in [4.78, 5) is 11.6. The normalized spacial score (nSPS) is 14.5. The molecule has 0 amide bonds. The number of hydrogen-bond donors (Lipinski definition) is 1. The van der Waals surface area contributed by atoms with Gasteiger partial charge in [-0.05, 0) is 29.6 Å². The Morgan fingerprint density at radius 2 is 2.08 bits per heavy atom. The van der Waals surface area contributed by atoms with Crippen LogP contribution in [0.5, 0.6) is 0 Å². The van der Waals surface area contributed by atoms with E-state index in [0.29, 0.717) is 13.2 Å². The lowest BCUT2D eigenvalue weighted by molar-refractivity contribution is 0.122. The van der Waals surface area contributed by atoms with Gasteiger partial charge in [0.1, 0.15) is 0 Å². The molecular formula is C18H16N4OS. The minimum absolute atomic E-state index is 0.706. The number of aromatic nitrogens is 2. The Kier molecular flexibility index (Phi) is 4.03. The molecule has 0 saturated carbocycles. The molecule has 0 aliphatic carbocycles. The standard InChI is InChI=1S/C18H16N4OS/c1-2-13-4-3-5-14(12-13)19-17-16-15(6-11-24-16)20-18(21-17)22-7-9-23-10-8-22/h1,3-6,11-12H,7-10H2,(H,19,20,21). The van der Waals surface area contributed by atoms with Crippen molar-refractivity contribution in [1.29, 1.82) is 0 Å². The van der Waals surface area contributed by atoms with E-state index in [1.54, 1.807) is 11.3 Å². The molecule has 0 unspecified atom stereocenters. The molecule has 24 heavy (non-hydrogen) atoms. The van der Waals surface area contributed by atoms with E-state index in [0.717, 1.165) is 46.3 Å². The summed E-state index contributed by atoms with van der Waals surface area (Å²) in [5.41, 5.74) is 2.71. The van der Waals surface area contributed by atoms with E-state index in [-0.39, 0.29) is 0 Å². The Hall–Kier alpha value is -2.62. The molecule has 0 radical (unpaired) electrons. The van der Waals surface area contributed by atoms with Crippen LogP contribution in [0.1, 0.15) is 5.56 Å². The van der Waals surface area contributed by atoms with Crippen LogP contribution in [0.4, 0.5) is 17.5 Å². The molecule has 1 aromatic carbocycles. The Morgan fingerprint density at radius 1 is 1.21 bits per heavy atom. The third-order valence-electron chi connectivity index (χ3n) is 3.88. The van der Waals surface area contributed by atoms with Gasteiger partial charge >= 0.3 is 0 Å². The zero-order chi connectivity index (χ0) is 16.4. The zero-order valence-corrected chi connectivity index (χ0v) is 13.8. The van der Waals surface area contributed by atoms with Crippen LogP contribution < -0.4 is 10.2 Å². The van der Waals surface area contributed by atoms with E-state index in [1.807, 2.05) is 35.7 Å². The average molecular weight is 336 g/mol. The first-order chi connectivity index (χ1) is 11.8. The molecule has 5 nitrogen and oxygen atoms in total. The van der Waals surface area contributed by atoms with Crippen molar-refractivity contribution < 1.29 is 4.74 Å². The van der Waals surface area contributed by atoms with Gasteiger partial charge in [0.05, 0.1) is 23.4 Å². The van der Waals surface area contributed by atoms with Crippen molar-refractivity contribution in [1.82, 2.24) is 9.97 Å². The Balaban J connectivity index is 1.73. The summed E-state index contributed by atoms with van der Waals surface area (Å²) >= 11 is 1.63. The number of benzene rings is 1. The number of terminal acetylenes is 1. The molecule has 2 aromatic heterocycles. The fourth-order valence-electron chi connectivity index (χ4n) is 2.66. The topological polar surface area (TPSA) is 50.3 Å². The van der Waals surface area contributed by atoms with Crippen molar-refractivity contribution in [2.75, 3.05) is 36.5 Å². The fraction of sp³-hybridized carbons (Fsp3) is 0.222. The quantitative estimate of drug-likeness (QED) is 0.744. The van der Waals surface area contributed by atoms with Gasteiger partial charge in [-0.25, -0.2) is 4.98 Å². The predicted molar refractivity (Wildman–Crippen MR) is 98.1 cm³/mol. The molecular weight excluding hydrogens is 320 g/mol. The maximum atomic E-state index is 5.49. The molecule has 0 atom stereocenters. The monoisotopic (exact) mass is 336 g/mol. The first-order valence-corrected chi connectivity index (χ1v) is 8.63. The van der Waals surface area contributed by atoms with Crippen molar-refractivity contribution in [3.8, 4) is 12.3 Å². The molecule has 3 aromatic rings. The van der Waals surface area contributed by atoms with Gasteiger partial charge in [-0.3, -0.25) is 0 Å². The van der Waals surface area contributed by atoms with Gasteiger partial charge in [0.15, 0.2) is 5.82 Å². The summed E-state index contributed by atoms with van der Waals surface area (Å²) in [6.45, 7) is 3.03. The summed E-state index contributed by atoms with van der Waals surface area (Å²) in [7, 11) is 0. The van der Waals surface area contributed by atoms with Crippen LogP contribution >= 0.6 is 11.3 Å². The summed E-state index contributed by atoms with van der Waals surface area (Å²) in [6.07, 6.45) is 5.49. The van der Waals surface area contributed by atoms with E-state index in [4.69, 9.17) is 21.1 Å². The average Bonchev–Trinajstić information content (AvgIpc) is 3.11. The third-order valence-corrected chi connectivity index (χ3v) is 4.79. The number of nitrogens with zero attached hydrogens (tertiary/aromatic N) is 3. The van der Waals surface area contributed by atoms with Gasteiger partial charge in [0, 0.05) is 24.3 Å². The second-order valence-corrected chi connectivity index (χ2v) is 6.37. The Labute approximate surface area is 144 Å². The number of nitrogens with one attached hydrogen (secondary N) is 1. The molecule has 1 fully saturated rings. The maximum Gasteiger partial charge on any atom is 0.228 e. The highest BCUT2D eigenvalue weighted by Gasteiger charge is 2.17. The number of thiophene rings is 1. The van der Waals surface area contributed by atoms with Crippen molar-refractivity contribution in [3.63, 3.8) is 0 Å². The van der Waals surface area contributed by atoms with Gasteiger partial charge in [-0.2, -0.15) is 4.98 Å². The molecule has 1 saturated heterocycles. The molecule has 3 heterocycles. The first-order valence-electron chi connectivity index (χ1n) is 7.75. The first kappa shape index (κ1) is 14.9. The smallest absolute Gasteiger partial charge is 0.228 e. The highest BCUT2D eigenvalue weighted by Crippen LogP contribution is 2.30. The van der Waals surface area contributed by atoms with Gasteiger partial charge in [-0.1, -0.05) is 12.0 Å². The largest absolute Gasteiger partial charge is 0.378 e. The fourth-order valence-corrected chi connectivity index (χ4v) is 3.44. The van der Waals surface area contributed by atoms with Crippen molar-refractivity contribution in [2.45, 2.75) is 0 Å². The number of morpholine rings is 1. The lowest BCUT2D eigenvalue weighted by Gasteiger charge is -2.27. The third kappa shape index (κ3) is 2.92. The van der Waals surface area contributed by atoms with Crippen molar-refractivity contribution in [3.05, 3.63) is 41.3 Å². The van der Waals surface area contributed by atoms with Gasteiger partial charge in [0.2, 0.25) is 5.95 Å². The van der Waals surface area contributed by atoms with Crippen molar-refractivity contribution >= 4 is 39.0 Å². The summed E-state index contributed by atoms with van der Waals surface area (Å²) < 4.78 is 6.46. The SMILES string of the molecule is C#Cc1cccc(Nc2nc(N3CCOCC3)nc3ccsc23)c1. The predicted octanol–water partition coefficient (Wildman–Crippen LogP) is 3.25. The molecule has 0 bridgehead atoms. The molecule has 1 aliphatic heterocycles. The number of anilines is 3. The molecule has 0 spiro atoms. The van der Waals surface area contributed by atoms with Crippen LogP contribution in [0.15, 0.2) is 35.7 Å². The lowest BCUT2D eigenvalue weighted by atomic mass is 10.2. The number of fused-ring (bicyclic) bond motifs is 1. The van der Waals surface area contributed by atoms with E-state index in [1.165, 1.54) is 0 Å². The zero-order valence-electron chi connectivity index (χ0n) is 13.0. The molecule has 1 aliphatic rings. The molecule has 1 N–H and O–H groups in total. The van der Waals surface area contributed by atoms with E-state index < -0.39 is 0 Å². The van der Waals surface area contributed by atoms with Crippen molar-refractivity contribution in [2.24, 2.45) is 0 Å². The van der Waals surface area contributed by atoms with E-state index in [2.05, 4.69) is 16.1 Å². The highest BCUT2D eigenvalue weighted by atomic mass is 32.1. The van der Waals surface area contributed by atoms with Gasteiger partial charge in [0.25, 0.3) is 0 Å². The lowest BCUT2D eigenvalue weighted by Crippen LogP contribution is -2.37. The van der Waals surface area contributed by atoms with Crippen LogP contribution in [0, 0.1) is 12.3 Å². The molecule has 4 rings (SSSR count). The second kappa shape index (κ2) is 6.48. The number of ether oxygens (including phenoxy) is 1. The van der Waals surface area contributed by atoms with Crippen LogP contribution in [-0.2, 0) is 4.74 Å². The summed E-state index contributed by atoms with van der Waals surface area (Å²) in [5.74, 6) is 4.20. The Morgan fingerprint density at radius 3 is 2.92 bits per heavy atom. The van der Waals surface area contributed by atoms with Gasteiger partial charge < -0.3 is 15.0 Å². The number of rotatable bonds is 3. The highest BCUT2D eigenvalue weighted by molar-refractivity contribution is 7.17. The second-order valence-electron chi connectivity index (χ2n) is 5.46. The minimum atomic E-state index is 0.706. The van der Waals surface area contributed by atoms with E-state index >= 15 is 0 Å². The molecule has 6 heteroatoms. The van der Waals surface area contributed by atoms with Crippen LogP contribution in [-0.4, -0.2) is 36.3 Å². The van der Waals surface area contributed by atoms with Gasteiger partial charge in [-0.15, -0.1) is 17.8 Å². The van der Waals surface area contributed by atoms with Crippen LogP contribution in [0.2, 0.25) is 0 Å². The van der Waals surface area contributed by atoms with E-state index in [9.17, 15) is 0 Å². The maximum absolute atomic E-state index is 5.49. The summed E-state index contributed by atoms with van der Waals surface area (Å²) in [5, 5.41) is 5.43. The number of hydrogen-bond acceptors (Lipinski definition) is 6. The van der Waals surface area contributed by atoms with Crippen LogP contribution in [0.3, 0.4) is 0 Å². The summed E-state index contributed by atoms with van der Waals surface area (Å²) in [6, 6.07) is 9.79.